The Bertz CT molecular complexity index is 286. The lowest BCUT2D eigenvalue weighted by atomic mass is 10.0. The van der Waals surface area contributed by atoms with Gasteiger partial charge in [-0.1, -0.05) is 126 Å². The van der Waals surface area contributed by atoms with Crippen molar-refractivity contribution in [3.63, 3.8) is 0 Å². The monoisotopic (exact) mass is 441 g/mol. The number of unbranched alkanes of at least 4 members (excludes halogenated alkanes) is 8. The second kappa shape index (κ2) is 26.2. The summed E-state index contributed by atoms with van der Waals surface area (Å²) in [6.45, 7) is 16.8. The number of hydrogen-bond donors (Lipinski definition) is 1. The van der Waals surface area contributed by atoms with Crippen LogP contribution in [-0.2, 0) is 4.74 Å². The molecule has 2 atom stereocenters. The quantitative estimate of drug-likeness (QED) is 0.180. The molecule has 2 unspecified atom stereocenters. The molecule has 0 aromatic heterocycles. The van der Waals surface area contributed by atoms with Gasteiger partial charge >= 0.3 is 0 Å². The highest BCUT2D eigenvalue weighted by Gasteiger charge is 2.13. The Morgan fingerprint density at radius 1 is 0.516 bits per heavy atom. The molecule has 0 saturated heterocycles. The second-order valence-corrected chi connectivity index (χ2v) is 10.5. The van der Waals surface area contributed by atoms with E-state index in [1.807, 2.05) is 0 Å². The summed E-state index contributed by atoms with van der Waals surface area (Å²) in [5.41, 5.74) is 5.03. The van der Waals surface area contributed by atoms with Crippen molar-refractivity contribution in [3.8, 4) is 0 Å². The number of hydrogen-bond acceptors (Lipinski definition) is 2. The lowest BCUT2D eigenvalue weighted by molar-refractivity contribution is -0.0257. The molecule has 0 amide bonds. The molecule has 0 fully saturated rings. The summed E-state index contributed by atoms with van der Waals surface area (Å²) < 4.78 is 6.47. The van der Waals surface area contributed by atoms with Gasteiger partial charge in [0.15, 0.2) is 0 Å². The van der Waals surface area contributed by atoms with Crippen molar-refractivity contribution in [2.45, 2.75) is 170 Å². The Balaban J connectivity index is 0. The van der Waals surface area contributed by atoms with Crippen LogP contribution in [0.15, 0.2) is 0 Å². The van der Waals surface area contributed by atoms with Gasteiger partial charge < -0.3 is 10.5 Å². The van der Waals surface area contributed by atoms with Crippen LogP contribution in [0.1, 0.15) is 158 Å². The first kappa shape index (κ1) is 33.1. The molecule has 2 heteroatoms. The van der Waals surface area contributed by atoms with E-state index in [0.717, 1.165) is 24.8 Å². The van der Waals surface area contributed by atoms with Gasteiger partial charge in [0.1, 0.15) is 0 Å². The Kier molecular flexibility index (Phi) is 27.9. The van der Waals surface area contributed by atoms with Gasteiger partial charge in [-0.25, -0.2) is 0 Å². The molecule has 0 aliphatic carbocycles. The van der Waals surface area contributed by atoms with E-state index in [2.05, 4.69) is 48.5 Å². The highest BCUT2D eigenvalue weighted by atomic mass is 16.5. The van der Waals surface area contributed by atoms with Crippen molar-refractivity contribution in [2.24, 2.45) is 17.6 Å². The third-order valence-electron chi connectivity index (χ3n) is 6.20. The maximum Gasteiger partial charge on any atom is 0.0576 e. The highest BCUT2D eigenvalue weighted by molar-refractivity contribution is 4.63. The first-order valence-electron chi connectivity index (χ1n) is 14.3. The van der Waals surface area contributed by atoms with E-state index in [1.165, 1.54) is 103 Å². The van der Waals surface area contributed by atoms with Crippen LogP contribution in [0.2, 0.25) is 0 Å². The van der Waals surface area contributed by atoms with Gasteiger partial charge in [-0.05, 0) is 50.5 Å². The summed E-state index contributed by atoms with van der Waals surface area (Å²) >= 11 is 0. The van der Waals surface area contributed by atoms with E-state index in [0.29, 0.717) is 12.2 Å². The standard InChI is InChI=1S/C26H54O.C3H9N/c1-7-25(21-17-13-9-11-15-19-23(3)4)27-26(8-2)22-18-14-10-12-16-20-24(5)6;1-2-3-4/h23-26H,7-22H2,1-6H3;2-4H2,1H3. The van der Waals surface area contributed by atoms with Crippen LogP contribution in [0.25, 0.3) is 0 Å². The van der Waals surface area contributed by atoms with E-state index in [4.69, 9.17) is 10.5 Å². The van der Waals surface area contributed by atoms with Crippen LogP contribution in [-0.4, -0.2) is 18.8 Å². The van der Waals surface area contributed by atoms with Crippen LogP contribution >= 0.6 is 0 Å². The van der Waals surface area contributed by atoms with Crippen LogP contribution in [0, 0.1) is 11.8 Å². The predicted octanol–water partition coefficient (Wildman–Crippen LogP) is 9.69. The van der Waals surface area contributed by atoms with Crippen molar-refractivity contribution in [1.29, 1.82) is 0 Å². The molecule has 190 valence electrons. The molecule has 0 saturated carbocycles. The third-order valence-corrected chi connectivity index (χ3v) is 6.20. The number of ether oxygens (including phenoxy) is 1. The van der Waals surface area contributed by atoms with Gasteiger partial charge in [-0.15, -0.1) is 0 Å². The molecule has 0 heterocycles. The lowest BCUT2D eigenvalue weighted by Crippen LogP contribution is -2.21. The zero-order valence-electron chi connectivity index (χ0n) is 23.0. The first-order valence-corrected chi connectivity index (χ1v) is 14.3. The van der Waals surface area contributed by atoms with Crippen molar-refractivity contribution in [2.75, 3.05) is 6.54 Å². The van der Waals surface area contributed by atoms with Gasteiger partial charge in [0.2, 0.25) is 0 Å². The SMILES string of the molecule is CCC(CCCCCCCC(C)C)OC(CC)CCCCCCCC(C)C.CCCN. The zero-order valence-corrected chi connectivity index (χ0v) is 23.0. The maximum atomic E-state index is 6.47. The van der Waals surface area contributed by atoms with E-state index < -0.39 is 0 Å². The smallest absolute Gasteiger partial charge is 0.0576 e. The molecule has 2 nitrogen and oxygen atoms in total. The zero-order chi connectivity index (χ0) is 23.7. The fourth-order valence-corrected chi connectivity index (χ4v) is 3.92. The van der Waals surface area contributed by atoms with Gasteiger partial charge in [-0.2, -0.15) is 0 Å². The van der Waals surface area contributed by atoms with Crippen LogP contribution in [0.3, 0.4) is 0 Å². The molecule has 0 rings (SSSR count). The third kappa shape index (κ3) is 27.9. The number of rotatable bonds is 21. The fourth-order valence-electron chi connectivity index (χ4n) is 3.92. The molecule has 0 aliphatic heterocycles. The van der Waals surface area contributed by atoms with Crippen LogP contribution in [0.5, 0.6) is 0 Å². The molecular formula is C29H63NO. The topological polar surface area (TPSA) is 35.2 Å². The Morgan fingerprint density at radius 2 is 0.806 bits per heavy atom. The van der Waals surface area contributed by atoms with E-state index >= 15 is 0 Å². The number of nitrogens with two attached hydrogens (primary N) is 1. The molecule has 0 spiro atoms. The molecule has 31 heavy (non-hydrogen) atoms. The largest absolute Gasteiger partial charge is 0.375 e. The van der Waals surface area contributed by atoms with Crippen molar-refractivity contribution in [1.82, 2.24) is 0 Å². The Morgan fingerprint density at radius 3 is 1.06 bits per heavy atom. The lowest BCUT2D eigenvalue weighted by Gasteiger charge is -2.23. The van der Waals surface area contributed by atoms with Gasteiger partial charge in [0.25, 0.3) is 0 Å². The van der Waals surface area contributed by atoms with Gasteiger partial charge in [0.05, 0.1) is 12.2 Å². The van der Waals surface area contributed by atoms with Crippen molar-refractivity contribution < 1.29 is 4.74 Å². The minimum Gasteiger partial charge on any atom is -0.375 e. The molecule has 0 aromatic carbocycles. The minimum absolute atomic E-state index is 0.497. The van der Waals surface area contributed by atoms with Gasteiger partial charge in [0, 0.05) is 0 Å². The molecule has 2 N–H and O–H groups in total. The molecule has 0 aliphatic rings. The van der Waals surface area contributed by atoms with E-state index in [1.54, 1.807) is 0 Å². The first-order chi connectivity index (χ1) is 14.9. The average molecular weight is 442 g/mol. The van der Waals surface area contributed by atoms with Crippen molar-refractivity contribution >= 4 is 0 Å². The van der Waals surface area contributed by atoms with Gasteiger partial charge in [-0.3, -0.25) is 0 Å². The summed E-state index contributed by atoms with van der Waals surface area (Å²) in [4.78, 5) is 0. The van der Waals surface area contributed by atoms with Crippen LogP contribution in [0.4, 0.5) is 0 Å². The summed E-state index contributed by atoms with van der Waals surface area (Å²) in [6.07, 6.45) is 23.8. The van der Waals surface area contributed by atoms with Crippen molar-refractivity contribution in [3.05, 3.63) is 0 Å². The molecule has 0 radical (unpaired) electrons. The average Bonchev–Trinajstić information content (AvgIpc) is 2.75. The summed E-state index contributed by atoms with van der Waals surface area (Å²) in [7, 11) is 0. The predicted molar refractivity (Wildman–Crippen MR) is 143 cm³/mol. The summed E-state index contributed by atoms with van der Waals surface area (Å²) in [6, 6.07) is 0. The van der Waals surface area contributed by atoms with E-state index in [-0.39, 0.29) is 0 Å². The summed E-state index contributed by atoms with van der Waals surface area (Å²) in [5.74, 6) is 1.74. The van der Waals surface area contributed by atoms with Crippen LogP contribution < -0.4 is 5.73 Å². The Labute approximate surface area is 198 Å². The summed E-state index contributed by atoms with van der Waals surface area (Å²) in [5, 5.41) is 0. The molecular weight excluding hydrogens is 378 g/mol. The normalized spacial score (nSPS) is 13.4. The van der Waals surface area contributed by atoms with E-state index in [9.17, 15) is 0 Å². The second-order valence-electron chi connectivity index (χ2n) is 10.5. The molecule has 0 bridgehead atoms. The highest BCUT2D eigenvalue weighted by Crippen LogP contribution is 2.19. The minimum atomic E-state index is 0.497. The Hall–Kier alpha value is -0.0800. The maximum absolute atomic E-state index is 6.47. The molecule has 0 aromatic rings. The fraction of sp³-hybridized carbons (Fsp3) is 1.00.